The number of rotatable bonds is 3. The Morgan fingerprint density at radius 3 is 2.76 bits per heavy atom. The summed E-state index contributed by atoms with van der Waals surface area (Å²) in [6, 6.07) is 6.26. The second-order valence-corrected chi connectivity index (χ2v) is 3.88. The molecule has 0 atom stereocenters. The number of anilines is 1. The molecule has 0 saturated heterocycles. The van der Waals surface area contributed by atoms with Crippen LogP contribution in [0, 0.1) is 12.7 Å². The van der Waals surface area contributed by atoms with E-state index in [4.69, 9.17) is 10.5 Å². The van der Waals surface area contributed by atoms with Crippen LogP contribution in [0.2, 0.25) is 0 Å². The Morgan fingerprint density at radius 2 is 2.18 bits per heavy atom. The minimum atomic E-state index is -0.455. The molecule has 2 rings (SSSR count). The minimum Gasteiger partial charge on any atom is -0.484 e. The molecular formula is C12H14FN3O. The van der Waals surface area contributed by atoms with E-state index in [1.54, 1.807) is 10.7 Å². The van der Waals surface area contributed by atoms with Crippen molar-refractivity contribution in [1.82, 2.24) is 9.78 Å². The third-order valence-corrected chi connectivity index (χ3v) is 2.43. The van der Waals surface area contributed by atoms with E-state index in [0.29, 0.717) is 5.69 Å². The van der Waals surface area contributed by atoms with Gasteiger partial charge in [0.25, 0.3) is 0 Å². The van der Waals surface area contributed by atoms with E-state index in [1.807, 2.05) is 20.0 Å². The molecule has 2 aromatic rings. The molecule has 5 heteroatoms. The van der Waals surface area contributed by atoms with Gasteiger partial charge in [0.1, 0.15) is 6.61 Å². The first kappa shape index (κ1) is 11.4. The number of halogens is 1. The summed E-state index contributed by atoms with van der Waals surface area (Å²) < 4.78 is 20.5. The van der Waals surface area contributed by atoms with Crippen LogP contribution in [0.5, 0.6) is 5.75 Å². The van der Waals surface area contributed by atoms with Crippen molar-refractivity contribution in [1.29, 1.82) is 0 Å². The molecule has 0 saturated carbocycles. The summed E-state index contributed by atoms with van der Waals surface area (Å²) in [5.74, 6) is -0.262. The number of aromatic nitrogens is 2. The first-order chi connectivity index (χ1) is 8.06. The Morgan fingerprint density at radius 1 is 1.41 bits per heavy atom. The zero-order valence-corrected chi connectivity index (χ0v) is 9.77. The average molecular weight is 235 g/mol. The third kappa shape index (κ3) is 2.55. The van der Waals surface area contributed by atoms with Crippen molar-refractivity contribution in [3.63, 3.8) is 0 Å². The molecule has 1 heterocycles. The van der Waals surface area contributed by atoms with Gasteiger partial charge in [-0.05, 0) is 25.1 Å². The van der Waals surface area contributed by atoms with Gasteiger partial charge >= 0.3 is 0 Å². The lowest BCUT2D eigenvalue weighted by Gasteiger charge is -2.07. The quantitative estimate of drug-likeness (QED) is 0.828. The molecule has 2 N–H and O–H groups in total. The zero-order valence-electron chi connectivity index (χ0n) is 9.77. The highest BCUT2D eigenvalue weighted by Crippen LogP contribution is 2.20. The van der Waals surface area contributed by atoms with Crippen molar-refractivity contribution >= 4 is 5.69 Å². The van der Waals surface area contributed by atoms with Gasteiger partial charge in [-0.2, -0.15) is 5.10 Å². The van der Waals surface area contributed by atoms with E-state index < -0.39 is 5.82 Å². The molecule has 0 spiro atoms. The lowest BCUT2D eigenvalue weighted by molar-refractivity contribution is 0.280. The standard InChI is InChI=1S/C12H14FN3O/c1-8-5-10(16(2)15-8)7-17-12-4-3-9(14)6-11(12)13/h3-6H,7,14H2,1-2H3. The van der Waals surface area contributed by atoms with Gasteiger partial charge < -0.3 is 10.5 Å². The van der Waals surface area contributed by atoms with Gasteiger partial charge in [-0.15, -0.1) is 0 Å². The van der Waals surface area contributed by atoms with Gasteiger partial charge in [0.2, 0.25) is 0 Å². The maximum Gasteiger partial charge on any atom is 0.167 e. The number of nitrogen functional groups attached to an aromatic ring is 1. The predicted molar refractivity (Wildman–Crippen MR) is 63.1 cm³/mol. The summed E-state index contributed by atoms with van der Waals surface area (Å²) in [4.78, 5) is 0. The van der Waals surface area contributed by atoms with Crippen LogP contribution in [-0.4, -0.2) is 9.78 Å². The number of nitrogens with zero attached hydrogens (tertiary/aromatic N) is 2. The van der Waals surface area contributed by atoms with Crippen LogP contribution in [-0.2, 0) is 13.7 Å². The van der Waals surface area contributed by atoms with E-state index >= 15 is 0 Å². The molecule has 0 bridgehead atoms. The Hall–Kier alpha value is -2.04. The second-order valence-electron chi connectivity index (χ2n) is 3.88. The predicted octanol–water partition coefficient (Wildman–Crippen LogP) is 2.03. The number of nitrogens with two attached hydrogens (primary N) is 1. The van der Waals surface area contributed by atoms with Crippen LogP contribution in [0.1, 0.15) is 11.4 Å². The Labute approximate surface area is 98.8 Å². The molecule has 0 aliphatic carbocycles. The molecule has 1 aromatic carbocycles. The fourth-order valence-electron chi connectivity index (χ4n) is 1.59. The highest BCUT2D eigenvalue weighted by atomic mass is 19.1. The van der Waals surface area contributed by atoms with Gasteiger partial charge in [-0.3, -0.25) is 4.68 Å². The molecule has 0 amide bonds. The number of benzene rings is 1. The largest absolute Gasteiger partial charge is 0.484 e. The van der Waals surface area contributed by atoms with Crippen molar-refractivity contribution in [2.45, 2.75) is 13.5 Å². The summed E-state index contributed by atoms with van der Waals surface area (Å²) in [7, 11) is 1.82. The number of ether oxygens (including phenoxy) is 1. The Bertz CT molecular complexity index is 537. The summed E-state index contributed by atoms with van der Waals surface area (Å²) in [5, 5.41) is 4.18. The molecule has 0 radical (unpaired) electrons. The molecule has 17 heavy (non-hydrogen) atoms. The zero-order chi connectivity index (χ0) is 12.4. The smallest absolute Gasteiger partial charge is 0.167 e. The number of hydrogen-bond acceptors (Lipinski definition) is 3. The lowest BCUT2D eigenvalue weighted by atomic mass is 10.3. The van der Waals surface area contributed by atoms with Gasteiger partial charge in [0.15, 0.2) is 11.6 Å². The molecular weight excluding hydrogens is 221 g/mol. The topological polar surface area (TPSA) is 53.1 Å². The first-order valence-electron chi connectivity index (χ1n) is 5.23. The van der Waals surface area contributed by atoms with Crippen molar-refractivity contribution in [3.8, 4) is 5.75 Å². The second kappa shape index (κ2) is 4.45. The molecule has 0 fully saturated rings. The first-order valence-corrected chi connectivity index (χ1v) is 5.23. The third-order valence-electron chi connectivity index (χ3n) is 2.43. The van der Waals surface area contributed by atoms with Crippen LogP contribution in [0.3, 0.4) is 0 Å². The minimum absolute atomic E-state index is 0.193. The van der Waals surface area contributed by atoms with Gasteiger partial charge in [-0.1, -0.05) is 0 Å². The highest BCUT2D eigenvalue weighted by molar-refractivity contribution is 5.42. The molecule has 0 aliphatic heterocycles. The number of hydrogen-bond donors (Lipinski definition) is 1. The molecule has 0 unspecified atom stereocenters. The number of aryl methyl sites for hydroxylation is 2. The Kier molecular flexibility index (Phi) is 2.99. The summed E-state index contributed by atoms with van der Waals surface area (Å²) in [6.45, 7) is 2.17. The van der Waals surface area contributed by atoms with Crippen LogP contribution >= 0.6 is 0 Å². The van der Waals surface area contributed by atoms with Crippen molar-refractivity contribution in [2.24, 2.45) is 7.05 Å². The highest BCUT2D eigenvalue weighted by Gasteiger charge is 2.06. The molecule has 0 aliphatic rings. The maximum atomic E-state index is 13.4. The van der Waals surface area contributed by atoms with Crippen LogP contribution in [0.15, 0.2) is 24.3 Å². The fraction of sp³-hybridized carbons (Fsp3) is 0.250. The SMILES string of the molecule is Cc1cc(COc2ccc(N)cc2F)n(C)n1. The van der Waals surface area contributed by atoms with Gasteiger partial charge in [0, 0.05) is 18.8 Å². The molecule has 90 valence electrons. The van der Waals surface area contributed by atoms with Gasteiger partial charge in [-0.25, -0.2) is 4.39 Å². The fourth-order valence-corrected chi connectivity index (χ4v) is 1.59. The summed E-state index contributed by atoms with van der Waals surface area (Å²) in [5.41, 5.74) is 7.63. The monoisotopic (exact) mass is 235 g/mol. The van der Waals surface area contributed by atoms with Crippen molar-refractivity contribution in [3.05, 3.63) is 41.5 Å². The normalized spacial score (nSPS) is 10.5. The molecule has 1 aromatic heterocycles. The van der Waals surface area contributed by atoms with E-state index in [2.05, 4.69) is 5.10 Å². The summed E-state index contributed by atoms with van der Waals surface area (Å²) in [6.07, 6.45) is 0. The van der Waals surface area contributed by atoms with Crippen LogP contribution in [0.4, 0.5) is 10.1 Å². The van der Waals surface area contributed by atoms with E-state index in [0.717, 1.165) is 11.4 Å². The van der Waals surface area contributed by atoms with E-state index in [9.17, 15) is 4.39 Å². The lowest BCUT2D eigenvalue weighted by Crippen LogP contribution is -2.04. The maximum absolute atomic E-state index is 13.4. The van der Waals surface area contributed by atoms with Crippen LogP contribution in [0.25, 0.3) is 0 Å². The summed E-state index contributed by atoms with van der Waals surface area (Å²) >= 11 is 0. The van der Waals surface area contributed by atoms with Gasteiger partial charge in [0.05, 0.1) is 11.4 Å². The van der Waals surface area contributed by atoms with Crippen molar-refractivity contribution < 1.29 is 9.13 Å². The van der Waals surface area contributed by atoms with E-state index in [-0.39, 0.29) is 12.4 Å². The Balaban J connectivity index is 2.10. The van der Waals surface area contributed by atoms with Crippen LogP contribution < -0.4 is 10.5 Å². The molecule has 4 nitrogen and oxygen atoms in total. The van der Waals surface area contributed by atoms with E-state index in [1.165, 1.54) is 12.1 Å². The van der Waals surface area contributed by atoms with Crippen molar-refractivity contribution in [2.75, 3.05) is 5.73 Å². The average Bonchev–Trinajstić information content (AvgIpc) is 2.56.